The van der Waals surface area contributed by atoms with Gasteiger partial charge in [-0.15, -0.1) is 24.0 Å². The van der Waals surface area contributed by atoms with Gasteiger partial charge in [0.1, 0.15) is 0 Å². The van der Waals surface area contributed by atoms with Crippen LogP contribution in [0.1, 0.15) is 17.2 Å². The Morgan fingerprint density at radius 1 is 0.920 bits per heavy atom. The van der Waals surface area contributed by atoms with Crippen molar-refractivity contribution in [2.75, 3.05) is 34.7 Å². The van der Waals surface area contributed by atoms with Gasteiger partial charge in [0.25, 0.3) is 0 Å². The van der Waals surface area contributed by atoms with Crippen LogP contribution in [0.15, 0.2) is 65.7 Å². The molecule has 0 aliphatic rings. The molecular formula is C20H29IN4. The predicted molar refractivity (Wildman–Crippen MR) is 118 cm³/mol. The largest absolute Gasteiger partial charge is 0.354 e. The van der Waals surface area contributed by atoms with Gasteiger partial charge >= 0.3 is 0 Å². The summed E-state index contributed by atoms with van der Waals surface area (Å²) >= 11 is 0. The molecule has 0 saturated heterocycles. The zero-order chi connectivity index (χ0) is 17.4. The first-order valence-electron chi connectivity index (χ1n) is 8.29. The second-order valence-electron chi connectivity index (χ2n) is 6.29. The van der Waals surface area contributed by atoms with E-state index in [0.29, 0.717) is 12.6 Å². The van der Waals surface area contributed by atoms with Crippen LogP contribution in [0.3, 0.4) is 0 Å². The molecule has 0 heterocycles. The third-order valence-corrected chi connectivity index (χ3v) is 3.94. The molecule has 0 bridgehead atoms. The lowest BCUT2D eigenvalue weighted by Crippen LogP contribution is -2.41. The number of rotatable bonds is 6. The molecule has 2 rings (SSSR count). The van der Waals surface area contributed by atoms with E-state index in [1.54, 1.807) is 0 Å². The fourth-order valence-electron chi connectivity index (χ4n) is 2.57. The van der Waals surface area contributed by atoms with Crippen molar-refractivity contribution in [3.05, 3.63) is 71.8 Å². The maximum Gasteiger partial charge on any atom is 0.193 e. The number of guanidine groups is 1. The molecule has 2 aromatic rings. The Balaban J connectivity index is 0.00000312. The second kappa shape index (κ2) is 11.1. The summed E-state index contributed by atoms with van der Waals surface area (Å²) in [4.78, 5) is 8.99. The molecule has 0 aliphatic carbocycles. The Hall–Kier alpha value is -1.60. The molecule has 0 saturated carbocycles. The Bertz CT molecular complexity index is 627. The van der Waals surface area contributed by atoms with Crippen molar-refractivity contribution in [2.45, 2.75) is 12.6 Å². The molecule has 0 aliphatic heterocycles. The predicted octanol–water partition coefficient (Wildman–Crippen LogP) is 3.61. The minimum absolute atomic E-state index is 0. The van der Waals surface area contributed by atoms with Crippen LogP contribution in [-0.4, -0.2) is 50.5 Å². The Morgan fingerprint density at radius 2 is 1.48 bits per heavy atom. The van der Waals surface area contributed by atoms with E-state index < -0.39 is 0 Å². The molecule has 5 heteroatoms. The average Bonchev–Trinajstić information content (AvgIpc) is 2.59. The average molecular weight is 452 g/mol. The van der Waals surface area contributed by atoms with Gasteiger partial charge in [0, 0.05) is 20.6 Å². The van der Waals surface area contributed by atoms with Crippen LogP contribution in [0.5, 0.6) is 0 Å². The summed E-state index contributed by atoms with van der Waals surface area (Å²) in [7, 11) is 8.25. The smallest absolute Gasteiger partial charge is 0.193 e. The first kappa shape index (κ1) is 21.4. The minimum atomic E-state index is 0. The molecule has 25 heavy (non-hydrogen) atoms. The van der Waals surface area contributed by atoms with E-state index in [4.69, 9.17) is 4.99 Å². The maximum absolute atomic E-state index is 4.73. The van der Waals surface area contributed by atoms with Gasteiger partial charge in [0.05, 0.1) is 12.6 Å². The zero-order valence-corrected chi connectivity index (χ0v) is 17.8. The van der Waals surface area contributed by atoms with E-state index in [1.165, 1.54) is 11.1 Å². The van der Waals surface area contributed by atoms with Crippen molar-refractivity contribution >= 4 is 29.9 Å². The highest BCUT2D eigenvalue weighted by Crippen LogP contribution is 2.16. The van der Waals surface area contributed by atoms with Gasteiger partial charge in [-0.25, -0.2) is 4.99 Å². The molecule has 0 aromatic heterocycles. The lowest BCUT2D eigenvalue weighted by molar-refractivity contribution is 0.296. The molecule has 4 nitrogen and oxygen atoms in total. The summed E-state index contributed by atoms with van der Waals surface area (Å²) in [6, 6.07) is 21.2. The molecular weight excluding hydrogens is 423 g/mol. The van der Waals surface area contributed by atoms with Crippen molar-refractivity contribution in [1.29, 1.82) is 0 Å². The molecule has 0 spiro atoms. The SMILES string of the molecule is CN(C)C(=NCc1ccccc1)NCC(c1ccccc1)N(C)C.I. The van der Waals surface area contributed by atoms with Gasteiger partial charge in [-0.05, 0) is 25.2 Å². The molecule has 0 radical (unpaired) electrons. The number of nitrogens with one attached hydrogen (secondary N) is 1. The highest BCUT2D eigenvalue weighted by Gasteiger charge is 2.14. The van der Waals surface area contributed by atoms with Crippen LogP contribution < -0.4 is 5.32 Å². The maximum atomic E-state index is 4.73. The Labute approximate surface area is 169 Å². The number of benzene rings is 2. The third-order valence-electron chi connectivity index (χ3n) is 3.94. The van der Waals surface area contributed by atoms with Crippen molar-refractivity contribution < 1.29 is 0 Å². The van der Waals surface area contributed by atoms with Gasteiger partial charge in [-0.3, -0.25) is 0 Å². The number of likely N-dealkylation sites (N-methyl/N-ethyl adjacent to an activating group) is 1. The quantitative estimate of drug-likeness (QED) is 0.413. The fraction of sp³-hybridized carbons (Fsp3) is 0.350. The number of hydrogen-bond acceptors (Lipinski definition) is 2. The molecule has 1 N–H and O–H groups in total. The Kier molecular flexibility index (Phi) is 9.52. The summed E-state index contributed by atoms with van der Waals surface area (Å²) < 4.78 is 0. The van der Waals surface area contributed by atoms with Crippen LogP contribution in [0.2, 0.25) is 0 Å². The minimum Gasteiger partial charge on any atom is -0.354 e. The highest BCUT2D eigenvalue weighted by molar-refractivity contribution is 14.0. The number of hydrogen-bond donors (Lipinski definition) is 1. The fourth-order valence-corrected chi connectivity index (χ4v) is 2.57. The van der Waals surface area contributed by atoms with Crippen molar-refractivity contribution in [1.82, 2.24) is 15.1 Å². The topological polar surface area (TPSA) is 30.9 Å². The normalized spacial score (nSPS) is 12.4. The summed E-state index contributed by atoms with van der Waals surface area (Å²) in [5, 5.41) is 3.50. The summed E-state index contributed by atoms with van der Waals surface area (Å²) in [6.07, 6.45) is 0. The highest BCUT2D eigenvalue weighted by atomic mass is 127. The number of nitrogens with zero attached hydrogens (tertiary/aromatic N) is 3. The first-order chi connectivity index (χ1) is 11.6. The van der Waals surface area contributed by atoms with Crippen LogP contribution >= 0.6 is 24.0 Å². The van der Waals surface area contributed by atoms with Crippen LogP contribution in [0.25, 0.3) is 0 Å². The monoisotopic (exact) mass is 452 g/mol. The lowest BCUT2D eigenvalue weighted by Gasteiger charge is -2.27. The van der Waals surface area contributed by atoms with E-state index in [-0.39, 0.29) is 24.0 Å². The molecule has 0 fully saturated rings. The summed E-state index contributed by atoms with van der Waals surface area (Å²) in [5.41, 5.74) is 2.52. The van der Waals surface area contributed by atoms with Crippen molar-refractivity contribution in [3.8, 4) is 0 Å². The Morgan fingerprint density at radius 3 is 2.00 bits per heavy atom. The summed E-state index contributed by atoms with van der Waals surface area (Å²) in [5.74, 6) is 0.904. The van der Waals surface area contributed by atoms with Crippen LogP contribution in [-0.2, 0) is 6.54 Å². The van der Waals surface area contributed by atoms with Crippen LogP contribution in [0.4, 0.5) is 0 Å². The first-order valence-corrected chi connectivity index (χ1v) is 8.29. The van der Waals surface area contributed by atoms with Crippen molar-refractivity contribution in [3.63, 3.8) is 0 Å². The molecule has 0 amide bonds. The van der Waals surface area contributed by atoms with E-state index in [0.717, 1.165) is 12.5 Å². The third kappa shape index (κ3) is 7.04. The van der Waals surface area contributed by atoms with Crippen LogP contribution in [0, 0.1) is 0 Å². The second-order valence-corrected chi connectivity index (χ2v) is 6.29. The summed E-state index contributed by atoms with van der Waals surface area (Å²) in [6.45, 7) is 1.49. The number of halogens is 1. The van der Waals surface area contributed by atoms with E-state index in [9.17, 15) is 0 Å². The van der Waals surface area contributed by atoms with Gasteiger partial charge in [-0.1, -0.05) is 60.7 Å². The van der Waals surface area contributed by atoms with Gasteiger partial charge in [0.2, 0.25) is 0 Å². The van der Waals surface area contributed by atoms with E-state index >= 15 is 0 Å². The molecule has 1 atom stereocenters. The van der Waals surface area contributed by atoms with Gasteiger partial charge < -0.3 is 15.1 Å². The van der Waals surface area contributed by atoms with E-state index in [2.05, 4.69) is 66.8 Å². The molecule has 136 valence electrons. The molecule has 2 aromatic carbocycles. The molecule has 1 unspecified atom stereocenters. The lowest BCUT2D eigenvalue weighted by atomic mass is 10.1. The van der Waals surface area contributed by atoms with Gasteiger partial charge in [0.15, 0.2) is 5.96 Å². The number of aliphatic imine (C=N–C) groups is 1. The standard InChI is InChI=1S/C20H28N4.HI/c1-23(2)19(18-13-9-6-10-14-18)16-22-20(24(3)4)21-15-17-11-7-5-8-12-17;/h5-14,19H,15-16H2,1-4H3,(H,21,22);1H. The zero-order valence-electron chi connectivity index (χ0n) is 15.5. The van der Waals surface area contributed by atoms with Gasteiger partial charge in [-0.2, -0.15) is 0 Å². The van der Waals surface area contributed by atoms with E-state index in [1.807, 2.05) is 37.2 Å². The van der Waals surface area contributed by atoms with Crippen molar-refractivity contribution in [2.24, 2.45) is 4.99 Å².